The molecule has 1 aromatic heterocycles. The lowest BCUT2D eigenvalue weighted by Gasteiger charge is -2.16. The Hall–Kier alpha value is -0.640. The Morgan fingerprint density at radius 3 is 2.69 bits per heavy atom. The monoisotopic (exact) mass is 295 g/mol. The molecule has 3 heteroatoms. The highest BCUT2D eigenvalue weighted by molar-refractivity contribution is 9.10. The summed E-state index contributed by atoms with van der Waals surface area (Å²) in [6, 6.07) is 10.5. The van der Waals surface area contributed by atoms with Gasteiger partial charge in [-0.05, 0) is 47.0 Å². The molecule has 16 heavy (non-hydrogen) atoms. The summed E-state index contributed by atoms with van der Waals surface area (Å²) in [5.41, 5.74) is 8.55. The van der Waals surface area contributed by atoms with Crippen molar-refractivity contribution in [2.75, 3.05) is 6.54 Å². The summed E-state index contributed by atoms with van der Waals surface area (Å²) in [5.74, 6) is 0.394. The molecule has 0 saturated carbocycles. The third-order valence-corrected chi connectivity index (χ3v) is 4.15. The van der Waals surface area contributed by atoms with Crippen molar-refractivity contribution in [2.45, 2.75) is 12.3 Å². The second kappa shape index (κ2) is 5.62. The van der Waals surface area contributed by atoms with Crippen LogP contribution in [0.5, 0.6) is 0 Å². The zero-order chi connectivity index (χ0) is 11.4. The van der Waals surface area contributed by atoms with Crippen molar-refractivity contribution in [2.24, 2.45) is 5.73 Å². The van der Waals surface area contributed by atoms with Crippen molar-refractivity contribution in [1.29, 1.82) is 0 Å². The molecule has 0 amide bonds. The number of thiophene rings is 1. The van der Waals surface area contributed by atoms with E-state index in [4.69, 9.17) is 5.73 Å². The number of hydrogen-bond acceptors (Lipinski definition) is 2. The summed E-state index contributed by atoms with van der Waals surface area (Å²) in [5, 5.41) is 4.31. The van der Waals surface area contributed by atoms with Gasteiger partial charge in [0, 0.05) is 10.4 Å². The van der Waals surface area contributed by atoms with Gasteiger partial charge in [-0.2, -0.15) is 11.3 Å². The second-order valence-electron chi connectivity index (χ2n) is 3.79. The lowest BCUT2D eigenvalue weighted by Crippen LogP contribution is -2.15. The number of halogens is 1. The van der Waals surface area contributed by atoms with Crippen LogP contribution in [-0.2, 0) is 6.42 Å². The SMILES string of the molecule is NCC(Cc1ccsc1)c1ccccc1Br. The third-order valence-electron chi connectivity index (χ3n) is 2.69. The van der Waals surface area contributed by atoms with Gasteiger partial charge in [-0.25, -0.2) is 0 Å². The maximum atomic E-state index is 5.87. The third kappa shape index (κ3) is 2.73. The fraction of sp³-hybridized carbons (Fsp3) is 0.231. The van der Waals surface area contributed by atoms with E-state index in [-0.39, 0.29) is 0 Å². The molecule has 1 unspecified atom stereocenters. The minimum atomic E-state index is 0.394. The Morgan fingerprint density at radius 2 is 2.06 bits per heavy atom. The number of rotatable bonds is 4. The maximum Gasteiger partial charge on any atom is 0.0210 e. The Labute approximate surface area is 108 Å². The van der Waals surface area contributed by atoms with E-state index in [1.807, 2.05) is 6.07 Å². The van der Waals surface area contributed by atoms with Gasteiger partial charge in [-0.15, -0.1) is 0 Å². The summed E-state index contributed by atoms with van der Waals surface area (Å²) in [6.07, 6.45) is 1.02. The van der Waals surface area contributed by atoms with Gasteiger partial charge in [0.15, 0.2) is 0 Å². The zero-order valence-electron chi connectivity index (χ0n) is 8.90. The topological polar surface area (TPSA) is 26.0 Å². The predicted molar refractivity (Wildman–Crippen MR) is 74.0 cm³/mol. The second-order valence-corrected chi connectivity index (χ2v) is 5.42. The average molecular weight is 296 g/mol. The van der Waals surface area contributed by atoms with Crippen LogP contribution in [0.1, 0.15) is 17.0 Å². The first kappa shape index (κ1) is 11.8. The lowest BCUT2D eigenvalue weighted by molar-refractivity contribution is 0.693. The summed E-state index contributed by atoms with van der Waals surface area (Å²) in [4.78, 5) is 0. The van der Waals surface area contributed by atoms with E-state index in [1.165, 1.54) is 11.1 Å². The largest absolute Gasteiger partial charge is 0.330 e. The van der Waals surface area contributed by atoms with E-state index >= 15 is 0 Å². The van der Waals surface area contributed by atoms with Gasteiger partial charge >= 0.3 is 0 Å². The van der Waals surface area contributed by atoms with Gasteiger partial charge in [0.2, 0.25) is 0 Å². The van der Waals surface area contributed by atoms with Crippen LogP contribution >= 0.6 is 27.3 Å². The van der Waals surface area contributed by atoms with Crippen molar-refractivity contribution >= 4 is 27.3 Å². The van der Waals surface area contributed by atoms with Crippen molar-refractivity contribution in [3.8, 4) is 0 Å². The molecule has 1 heterocycles. The Kier molecular flexibility index (Phi) is 4.16. The van der Waals surface area contributed by atoms with Crippen molar-refractivity contribution in [1.82, 2.24) is 0 Å². The van der Waals surface area contributed by atoms with E-state index in [9.17, 15) is 0 Å². The Bertz CT molecular complexity index is 439. The van der Waals surface area contributed by atoms with E-state index in [0.29, 0.717) is 12.5 Å². The molecule has 2 N–H and O–H groups in total. The molecule has 1 atom stereocenters. The van der Waals surface area contributed by atoms with Crippen LogP contribution in [0.2, 0.25) is 0 Å². The molecule has 0 aliphatic heterocycles. The molecule has 2 rings (SSSR count). The minimum Gasteiger partial charge on any atom is -0.330 e. The van der Waals surface area contributed by atoms with Gasteiger partial charge in [0.05, 0.1) is 0 Å². The molecule has 0 spiro atoms. The van der Waals surface area contributed by atoms with Crippen molar-refractivity contribution in [3.63, 3.8) is 0 Å². The normalized spacial score (nSPS) is 12.6. The average Bonchev–Trinajstić information content (AvgIpc) is 2.80. The zero-order valence-corrected chi connectivity index (χ0v) is 11.3. The number of hydrogen-bond donors (Lipinski definition) is 1. The van der Waals surface area contributed by atoms with Gasteiger partial charge in [-0.3, -0.25) is 0 Å². The molecule has 0 fully saturated rings. The summed E-state index contributed by atoms with van der Waals surface area (Å²) >= 11 is 5.33. The van der Waals surface area contributed by atoms with Crippen LogP contribution < -0.4 is 5.73 Å². The molecule has 0 saturated heterocycles. The Balaban J connectivity index is 2.20. The van der Waals surface area contributed by atoms with E-state index in [0.717, 1.165) is 10.9 Å². The fourth-order valence-electron chi connectivity index (χ4n) is 1.82. The minimum absolute atomic E-state index is 0.394. The summed E-state index contributed by atoms with van der Waals surface area (Å²) in [6.45, 7) is 0.679. The van der Waals surface area contributed by atoms with Crippen LogP contribution in [0.15, 0.2) is 45.6 Å². The highest BCUT2D eigenvalue weighted by Crippen LogP contribution is 2.27. The molecular formula is C13H14BrNS. The highest BCUT2D eigenvalue weighted by Gasteiger charge is 2.13. The molecule has 84 valence electrons. The molecule has 0 aliphatic rings. The van der Waals surface area contributed by atoms with Gasteiger partial charge in [-0.1, -0.05) is 34.1 Å². The van der Waals surface area contributed by atoms with E-state index in [2.05, 4.69) is 51.0 Å². The predicted octanol–water partition coefficient (Wildman–Crippen LogP) is 3.80. The first-order valence-electron chi connectivity index (χ1n) is 5.27. The molecular weight excluding hydrogens is 282 g/mol. The molecule has 0 bridgehead atoms. The molecule has 2 aromatic rings. The smallest absolute Gasteiger partial charge is 0.0210 e. The maximum absolute atomic E-state index is 5.87. The van der Waals surface area contributed by atoms with Gasteiger partial charge < -0.3 is 5.73 Å². The number of benzene rings is 1. The Morgan fingerprint density at radius 1 is 1.25 bits per heavy atom. The lowest BCUT2D eigenvalue weighted by atomic mass is 9.93. The molecule has 0 aliphatic carbocycles. The first-order valence-corrected chi connectivity index (χ1v) is 7.00. The van der Waals surface area contributed by atoms with Crippen LogP contribution in [0.3, 0.4) is 0 Å². The fourth-order valence-corrected chi connectivity index (χ4v) is 3.11. The van der Waals surface area contributed by atoms with Crippen molar-refractivity contribution < 1.29 is 0 Å². The molecule has 1 aromatic carbocycles. The van der Waals surface area contributed by atoms with Gasteiger partial charge in [0.25, 0.3) is 0 Å². The standard InChI is InChI=1S/C13H14BrNS/c14-13-4-2-1-3-12(13)11(8-15)7-10-5-6-16-9-10/h1-6,9,11H,7-8,15H2. The van der Waals surface area contributed by atoms with Gasteiger partial charge in [0.1, 0.15) is 0 Å². The summed E-state index contributed by atoms with van der Waals surface area (Å²) in [7, 11) is 0. The van der Waals surface area contributed by atoms with Crippen LogP contribution in [0.4, 0.5) is 0 Å². The quantitative estimate of drug-likeness (QED) is 0.912. The van der Waals surface area contributed by atoms with Crippen LogP contribution in [0, 0.1) is 0 Å². The van der Waals surface area contributed by atoms with Crippen molar-refractivity contribution in [3.05, 3.63) is 56.7 Å². The number of nitrogens with two attached hydrogens (primary N) is 1. The van der Waals surface area contributed by atoms with E-state index < -0.39 is 0 Å². The molecule has 0 radical (unpaired) electrons. The summed E-state index contributed by atoms with van der Waals surface area (Å²) < 4.78 is 1.15. The first-order chi connectivity index (χ1) is 7.81. The van der Waals surface area contributed by atoms with Crippen LogP contribution in [-0.4, -0.2) is 6.54 Å². The van der Waals surface area contributed by atoms with E-state index in [1.54, 1.807) is 11.3 Å². The van der Waals surface area contributed by atoms with Crippen LogP contribution in [0.25, 0.3) is 0 Å². The molecule has 1 nitrogen and oxygen atoms in total. The highest BCUT2D eigenvalue weighted by atomic mass is 79.9.